The van der Waals surface area contributed by atoms with Crippen molar-refractivity contribution in [2.24, 2.45) is 0 Å². The molecule has 3 N–H and O–H groups in total. The standard InChI is InChI=1S/C15H14N2O4/c1-3-6-17-9(2)16-14(20)11(15(17)21)7-10-4-5-12(18)13(19)8-10/h3-5,7-8,18-19H,1-2,6H2,(H,16,20)/b11-7-. The lowest BCUT2D eigenvalue weighted by atomic mass is 10.1. The first-order valence-electron chi connectivity index (χ1n) is 6.10. The van der Waals surface area contributed by atoms with Crippen LogP contribution in [0.25, 0.3) is 12.7 Å². The number of aromatic hydroxyl groups is 2. The molecule has 1 heterocycles. The molecule has 0 radical (unpaired) electrons. The van der Waals surface area contributed by atoms with E-state index in [9.17, 15) is 19.8 Å². The number of H-pyrrole nitrogens is 1. The fraction of sp³-hybridized carbons (Fsp3) is 0.0667. The van der Waals surface area contributed by atoms with Crippen LogP contribution in [0.15, 0.2) is 40.4 Å². The summed E-state index contributed by atoms with van der Waals surface area (Å²) >= 11 is 0. The van der Waals surface area contributed by atoms with E-state index in [1.807, 2.05) is 0 Å². The number of aromatic nitrogens is 2. The smallest absolute Gasteiger partial charge is 0.265 e. The van der Waals surface area contributed by atoms with Crippen LogP contribution in [-0.4, -0.2) is 19.8 Å². The highest BCUT2D eigenvalue weighted by molar-refractivity contribution is 5.54. The molecule has 2 aromatic rings. The maximum absolute atomic E-state index is 12.3. The Morgan fingerprint density at radius 3 is 2.57 bits per heavy atom. The van der Waals surface area contributed by atoms with E-state index in [1.165, 1.54) is 34.9 Å². The third-order valence-corrected chi connectivity index (χ3v) is 2.93. The Balaban J connectivity index is 2.76. The van der Waals surface area contributed by atoms with Crippen LogP contribution in [0.4, 0.5) is 0 Å². The minimum atomic E-state index is -0.571. The number of aromatic amines is 1. The highest BCUT2D eigenvalue weighted by Gasteiger charge is 2.04. The number of hydrogen-bond acceptors (Lipinski definition) is 4. The number of nitrogens with zero attached hydrogens (tertiary/aromatic N) is 1. The lowest BCUT2D eigenvalue weighted by Crippen LogP contribution is -2.53. The van der Waals surface area contributed by atoms with Crippen molar-refractivity contribution in [3.8, 4) is 11.5 Å². The molecule has 0 aliphatic carbocycles. The maximum atomic E-state index is 12.3. The van der Waals surface area contributed by atoms with Gasteiger partial charge in [-0.2, -0.15) is 0 Å². The van der Waals surface area contributed by atoms with Crippen molar-refractivity contribution in [3.05, 3.63) is 67.8 Å². The molecule has 0 bridgehead atoms. The van der Waals surface area contributed by atoms with E-state index in [2.05, 4.69) is 18.1 Å². The first-order chi connectivity index (χ1) is 9.93. The van der Waals surface area contributed by atoms with Gasteiger partial charge < -0.3 is 15.2 Å². The molecule has 0 saturated heterocycles. The van der Waals surface area contributed by atoms with Gasteiger partial charge >= 0.3 is 0 Å². The molecule has 2 rings (SSSR count). The number of phenols is 2. The fourth-order valence-corrected chi connectivity index (χ4v) is 1.88. The lowest BCUT2D eigenvalue weighted by molar-refractivity contribution is 0.403. The normalized spacial score (nSPS) is 11.5. The van der Waals surface area contributed by atoms with Gasteiger partial charge in [0, 0.05) is 6.54 Å². The largest absolute Gasteiger partial charge is 0.504 e. The molecule has 6 heteroatoms. The van der Waals surface area contributed by atoms with Gasteiger partial charge in [-0.3, -0.25) is 14.2 Å². The molecule has 0 aliphatic rings. The molecule has 0 atom stereocenters. The van der Waals surface area contributed by atoms with Crippen LogP contribution in [-0.2, 0) is 6.54 Å². The topological polar surface area (TPSA) is 95.3 Å². The number of phenolic OH excluding ortho intramolecular Hbond substituents is 2. The average molecular weight is 286 g/mol. The van der Waals surface area contributed by atoms with E-state index in [0.29, 0.717) is 5.56 Å². The van der Waals surface area contributed by atoms with E-state index in [1.54, 1.807) is 0 Å². The maximum Gasteiger partial charge on any atom is 0.265 e. The first kappa shape index (κ1) is 14.4. The van der Waals surface area contributed by atoms with Gasteiger partial charge in [-0.15, -0.1) is 6.58 Å². The minimum absolute atomic E-state index is 0.0886. The van der Waals surface area contributed by atoms with Gasteiger partial charge in [-0.05, 0) is 23.8 Å². The second kappa shape index (κ2) is 5.54. The van der Waals surface area contributed by atoms with E-state index in [4.69, 9.17) is 0 Å². The molecular formula is C15H14N2O4. The molecule has 21 heavy (non-hydrogen) atoms. The second-order valence-electron chi connectivity index (χ2n) is 4.41. The second-order valence-corrected chi connectivity index (χ2v) is 4.41. The highest BCUT2D eigenvalue weighted by Crippen LogP contribution is 2.24. The zero-order valence-corrected chi connectivity index (χ0v) is 11.2. The van der Waals surface area contributed by atoms with Crippen LogP contribution < -0.4 is 21.8 Å². The van der Waals surface area contributed by atoms with Crippen molar-refractivity contribution >= 4 is 12.7 Å². The summed E-state index contributed by atoms with van der Waals surface area (Å²) in [6.45, 7) is 7.37. The molecule has 6 nitrogen and oxygen atoms in total. The summed E-state index contributed by atoms with van der Waals surface area (Å²) in [4.78, 5) is 26.6. The summed E-state index contributed by atoms with van der Waals surface area (Å²) in [6.07, 6.45) is 2.85. The van der Waals surface area contributed by atoms with Crippen molar-refractivity contribution in [1.29, 1.82) is 0 Å². The summed E-state index contributed by atoms with van der Waals surface area (Å²) in [7, 11) is 0. The summed E-state index contributed by atoms with van der Waals surface area (Å²) in [5, 5.41) is 18.6. The summed E-state index contributed by atoms with van der Waals surface area (Å²) in [5.74, 6) is -0.612. The molecule has 1 aromatic heterocycles. The van der Waals surface area contributed by atoms with Crippen LogP contribution in [0.5, 0.6) is 11.5 Å². The number of benzene rings is 1. The average Bonchev–Trinajstić information content (AvgIpc) is 2.43. The number of rotatable bonds is 3. The van der Waals surface area contributed by atoms with Gasteiger partial charge in [0.15, 0.2) is 11.5 Å². The van der Waals surface area contributed by atoms with E-state index in [0.717, 1.165) is 0 Å². The van der Waals surface area contributed by atoms with Gasteiger partial charge in [-0.25, -0.2) is 0 Å². The Hall–Kier alpha value is -3.02. The molecule has 0 unspecified atom stereocenters. The summed E-state index contributed by atoms with van der Waals surface area (Å²) < 4.78 is 1.28. The SMILES string of the molecule is C=CCn1c(=C)[nH]c(=O)/c(=C/c2ccc(O)c(O)c2)c1=O. The van der Waals surface area contributed by atoms with Crippen molar-refractivity contribution in [1.82, 2.24) is 9.55 Å². The molecule has 0 spiro atoms. The first-order valence-corrected chi connectivity index (χ1v) is 6.10. The predicted molar refractivity (Wildman–Crippen MR) is 79.6 cm³/mol. The van der Waals surface area contributed by atoms with Crippen molar-refractivity contribution < 1.29 is 10.2 Å². The Morgan fingerprint density at radius 2 is 1.95 bits per heavy atom. The highest BCUT2D eigenvalue weighted by atomic mass is 16.3. The van der Waals surface area contributed by atoms with Gasteiger partial charge in [0.1, 0.15) is 10.7 Å². The Labute approximate surface area is 119 Å². The van der Waals surface area contributed by atoms with Gasteiger partial charge in [0.25, 0.3) is 11.1 Å². The molecule has 0 amide bonds. The number of nitrogens with one attached hydrogen (secondary N) is 1. The molecule has 108 valence electrons. The van der Waals surface area contributed by atoms with Crippen molar-refractivity contribution in [2.45, 2.75) is 6.54 Å². The van der Waals surface area contributed by atoms with Crippen LogP contribution in [0.1, 0.15) is 5.56 Å². The van der Waals surface area contributed by atoms with E-state index in [-0.39, 0.29) is 28.7 Å². The monoisotopic (exact) mass is 286 g/mol. The van der Waals surface area contributed by atoms with Crippen LogP contribution >= 0.6 is 0 Å². The third-order valence-electron chi connectivity index (χ3n) is 2.93. The molecule has 1 aromatic carbocycles. The summed E-state index contributed by atoms with van der Waals surface area (Å²) in [5.41, 5.74) is -0.473. The van der Waals surface area contributed by atoms with Crippen molar-refractivity contribution in [3.63, 3.8) is 0 Å². The van der Waals surface area contributed by atoms with Gasteiger partial charge in [0.05, 0.1) is 0 Å². The zero-order chi connectivity index (χ0) is 15.6. The van der Waals surface area contributed by atoms with Crippen LogP contribution in [0.2, 0.25) is 0 Å². The Morgan fingerprint density at radius 1 is 1.24 bits per heavy atom. The van der Waals surface area contributed by atoms with E-state index < -0.39 is 11.1 Å². The molecular weight excluding hydrogens is 272 g/mol. The third kappa shape index (κ3) is 2.79. The summed E-state index contributed by atoms with van der Waals surface area (Å²) in [6, 6.07) is 4.00. The Kier molecular flexibility index (Phi) is 3.80. The van der Waals surface area contributed by atoms with E-state index >= 15 is 0 Å². The van der Waals surface area contributed by atoms with Crippen molar-refractivity contribution in [2.75, 3.05) is 0 Å². The molecule has 0 fully saturated rings. The minimum Gasteiger partial charge on any atom is -0.504 e. The Bertz CT molecular complexity index is 922. The fourth-order valence-electron chi connectivity index (χ4n) is 1.88. The number of hydrogen-bond donors (Lipinski definition) is 3. The van der Waals surface area contributed by atoms with Gasteiger partial charge in [-0.1, -0.05) is 18.7 Å². The quantitative estimate of drug-likeness (QED) is 0.517. The van der Waals surface area contributed by atoms with Crippen LogP contribution in [0.3, 0.4) is 0 Å². The molecule has 0 aliphatic heterocycles. The predicted octanol–water partition coefficient (Wildman–Crippen LogP) is -0.627. The van der Waals surface area contributed by atoms with Gasteiger partial charge in [0.2, 0.25) is 0 Å². The van der Waals surface area contributed by atoms with Crippen LogP contribution in [0, 0.1) is 0 Å². The lowest BCUT2D eigenvalue weighted by Gasteiger charge is -2.02. The zero-order valence-electron chi connectivity index (χ0n) is 11.2. The molecule has 0 saturated carbocycles. The number of allylic oxidation sites excluding steroid dienone is 1.